The molecule has 1 aliphatic heterocycles. The number of benzene rings is 1. The van der Waals surface area contributed by atoms with E-state index in [2.05, 4.69) is 4.90 Å². The third-order valence-corrected chi connectivity index (χ3v) is 4.39. The first-order chi connectivity index (χ1) is 10.6. The highest BCUT2D eigenvalue weighted by molar-refractivity contribution is 5.99. The zero-order chi connectivity index (χ0) is 15.7. The highest BCUT2D eigenvalue weighted by atomic mass is 19.1. The number of rotatable bonds is 4. The van der Waals surface area contributed by atoms with E-state index >= 15 is 0 Å². The molecule has 2 heterocycles. The number of ketones is 1. The number of halogens is 1. The molecular weight excluding hydrogens is 279 g/mol. The van der Waals surface area contributed by atoms with Crippen LogP contribution in [0.3, 0.4) is 0 Å². The third kappa shape index (κ3) is 2.71. The molecular formula is C18H21FN2O. The van der Waals surface area contributed by atoms with Crippen LogP contribution in [-0.2, 0) is 0 Å². The van der Waals surface area contributed by atoms with Gasteiger partial charge in [0.2, 0.25) is 0 Å². The van der Waals surface area contributed by atoms with Crippen molar-refractivity contribution < 1.29 is 9.18 Å². The van der Waals surface area contributed by atoms with E-state index in [9.17, 15) is 9.18 Å². The summed E-state index contributed by atoms with van der Waals surface area (Å²) in [6, 6.07) is 8.54. The molecule has 0 atom stereocenters. The summed E-state index contributed by atoms with van der Waals surface area (Å²) >= 11 is 0. The molecule has 1 aliphatic rings. The van der Waals surface area contributed by atoms with E-state index in [-0.39, 0.29) is 11.6 Å². The maximum absolute atomic E-state index is 14.1. The van der Waals surface area contributed by atoms with Crippen molar-refractivity contribution in [1.29, 1.82) is 0 Å². The van der Waals surface area contributed by atoms with Crippen LogP contribution in [0.15, 0.2) is 30.3 Å². The molecule has 1 aromatic heterocycles. The van der Waals surface area contributed by atoms with Crippen LogP contribution >= 0.6 is 0 Å². The fourth-order valence-electron chi connectivity index (χ4n) is 3.28. The summed E-state index contributed by atoms with van der Waals surface area (Å²) in [6.45, 7) is 6.25. The first kappa shape index (κ1) is 15.0. The molecule has 0 aliphatic carbocycles. The number of hydrogen-bond donors (Lipinski definition) is 0. The van der Waals surface area contributed by atoms with Crippen LogP contribution in [0.2, 0.25) is 0 Å². The number of hydrogen-bond acceptors (Lipinski definition) is 2. The van der Waals surface area contributed by atoms with Crippen molar-refractivity contribution >= 4 is 5.78 Å². The number of carbonyl (C=O) groups excluding carboxylic acids is 1. The third-order valence-electron chi connectivity index (χ3n) is 4.39. The Bertz CT molecular complexity index is 699. The van der Waals surface area contributed by atoms with E-state index in [1.54, 1.807) is 12.1 Å². The van der Waals surface area contributed by atoms with Gasteiger partial charge in [0.05, 0.1) is 12.2 Å². The summed E-state index contributed by atoms with van der Waals surface area (Å²) in [4.78, 5) is 14.7. The highest BCUT2D eigenvalue weighted by Gasteiger charge is 2.21. The second-order valence-corrected chi connectivity index (χ2v) is 5.98. The van der Waals surface area contributed by atoms with Crippen LogP contribution in [-0.4, -0.2) is 34.9 Å². The predicted octanol–water partition coefficient (Wildman–Crippen LogP) is 3.51. The van der Waals surface area contributed by atoms with Gasteiger partial charge < -0.3 is 4.57 Å². The van der Waals surface area contributed by atoms with Crippen LogP contribution in [0.4, 0.5) is 4.39 Å². The topological polar surface area (TPSA) is 25.2 Å². The molecule has 0 spiro atoms. The lowest BCUT2D eigenvalue weighted by Crippen LogP contribution is -2.27. The number of nitrogens with zero attached hydrogens (tertiary/aromatic N) is 2. The van der Waals surface area contributed by atoms with Gasteiger partial charge >= 0.3 is 0 Å². The molecule has 1 aromatic carbocycles. The Morgan fingerprint density at radius 1 is 1.18 bits per heavy atom. The Hall–Kier alpha value is -1.94. The number of aryl methyl sites for hydroxylation is 1. The minimum atomic E-state index is -0.275. The summed E-state index contributed by atoms with van der Waals surface area (Å²) in [5, 5.41) is 0. The molecule has 3 nitrogen and oxygen atoms in total. The molecule has 1 saturated heterocycles. The van der Waals surface area contributed by atoms with Gasteiger partial charge in [0, 0.05) is 17.0 Å². The second-order valence-electron chi connectivity index (χ2n) is 5.98. The predicted molar refractivity (Wildman–Crippen MR) is 85.2 cm³/mol. The zero-order valence-corrected chi connectivity index (χ0v) is 13.1. The largest absolute Gasteiger partial charge is 0.315 e. The van der Waals surface area contributed by atoms with Gasteiger partial charge in [-0.25, -0.2) is 4.39 Å². The average Bonchev–Trinajstić information content (AvgIpc) is 3.08. The SMILES string of the molecule is Cc1cc(C(=O)CN2CCCC2)c(C)n1-c1ccccc1F. The first-order valence-corrected chi connectivity index (χ1v) is 7.77. The Morgan fingerprint density at radius 3 is 2.55 bits per heavy atom. The smallest absolute Gasteiger partial charge is 0.178 e. The molecule has 116 valence electrons. The van der Waals surface area contributed by atoms with Crippen LogP contribution in [0.25, 0.3) is 5.69 Å². The van der Waals surface area contributed by atoms with Crippen molar-refractivity contribution in [3.8, 4) is 5.69 Å². The van der Waals surface area contributed by atoms with Gasteiger partial charge in [-0.3, -0.25) is 9.69 Å². The Balaban J connectivity index is 1.93. The van der Waals surface area contributed by atoms with Gasteiger partial charge in [-0.15, -0.1) is 0 Å². The normalized spacial score (nSPS) is 15.4. The molecule has 0 unspecified atom stereocenters. The minimum Gasteiger partial charge on any atom is -0.315 e. The molecule has 0 N–H and O–H groups in total. The van der Waals surface area contributed by atoms with E-state index in [0.29, 0.717) is 17.8 Å². The lowest BCUT2D eigenvalue weighted by molar-refractivity contribution is 0.0944. The lowest BCUT2D eigenvalue weighted by atomic mass is 10.1. The Labute approximate surface area is 130 Å². The molecule has 3 rings (SSSR count). The minimum absolute atomic E-state index is 0.123. The van der Waals surface area contributed by atoms with Crippen molar-refractivity contribution in [3.63, 3.8) is 0 Å². The van der Waals surface area contributed by atoms with Crippen molar-refractivity contribution in [2.75, 3.05) is 19.6 Å². The summed E-state index contributed by atoms with van der Waals surface area (Å²) < 4.78 is 15.9. The maximum Gasteiger partial charge on any atom is 0.178 e. The molecule has 4 heteroatoms. The van der Waals surface area contributed by atoms with E-state index < -0.39 is 0 Å². The molecule has 0 saturated carbocycles. The van der Waals surface area contributed by atoms with E-state index in [4.69, 9.17) is 0 Å². The van der Waals surface area contributed by atoms with Crippen molar-refractivity contribution in [1.82, 2.24) is 9.47 Å². The van der Waals surface area contributed by atoms with Gasteiger partial charge in [0.15, 0.2) is 5.78 Å². The number of carbonyl (C=O) groups is 1. The number of Topliss-reactive ketones (excluding diaryl/α,β-unsaturated/α-hetero) is 1. The molecule has 22 heavy (non-hydrogen) atoms. The van der Waals surface area contributed by atoms with Gasteiger partial charge in [0.25, 0.3) is 0 Å². The second kappa shape index (κ2) is 6.05. The zero-order valence-electron chi connectivity index (χ0n) is 13.1. The Morgan fingerprint density at radius 2 is 1.86 bits per heavy atom. The van der Waals surface area contributed by atoms with Crippen molar-refractivity contribution in [3.05, 3.63) is 53.1 Å². The van der Waals surface area contributed by atoms with Crippen LogP contribution in [0.1, 0.15) is 34.6 Å². The van der Waals surface area contributed by atoms with Crippen LogP contribution < -0.4 is 0 Å². The van der Waals surface area contributed by atoms with E-state index in [1.807, 2.05) is 30.5 Å². The van der Waals surface area contributed by atoms with Gasteiger partial charge in [0.1, 0.15) is 5.82 Å². The number of aromatic nitrogens is 1. The molecule has 2 aromatic rings. The average molecular weight is 300 g/mol. The number of likely N-dealkylation sites (tertiary alicyclic amines) is 1. The summed E-state index contributed by atoms with van der Waals surface area (Å²) in [5.41, 5.74) is 2.89. The van der Waals surface area contributed by atoms with E-state index in [1.165, 1.54) is 18.9 Å². The van der Waals surface area contributed by atoms with Crippen molar-refractivity contribution in [2.24, 2.45) is 0 Å². The number of para-hydroxylation sites is 1. The fraction of sp³-hybridized carbons (Fsp3) is 0.389. The summed E-state index contributed by atoms with van der Waals surface area (Å²) in [5.74, 6) is -0.152. The molecule has 0 radical (unpaired) electrons. The maximum atomic E-state index is 14.1. The summed E-state index contributed by atoms with van der Waals surface area (Å²) in [7, 11) is 0. The molecule has 0 bridgehead atoms. The van der Waals surface area contributed by atoms with Crippen LogP contribution in [0.5, 0.6) is 0 Å². The first-order valence-electron chi connectivity index (χ1n) is 7.77. The summed E-state index contributed by atoms with van der Waals surface area (Å²) in [6.07, 6.45) is 2.34. The Kier molecular flexibility index (Phi) is 4.12. The van der Waals surface area contributed by atoms with Gasteiger partial charge in [-0.1, -0.05) is 12.1 Å². The lowest BCUT2D eigenvalue weighted by Gasteiger charge is -2.14. The molecule has 1 fully saturated rings. The highest BCUT2D eigenvalue weighted by Crippen LogP contribution is 2.23. The quantitative estimate of drug-likeness (QED) is 0.807. The van der Waals surface area contributed by atoms with Gasteiger partial charge in [-0.2, -0.15) is 0 Å². The van der Waals surface area contributed by atoms with Crippen molar-refractivity contribution in [2.45, 2.75) is 26.7 Å². The molecule has 0 amide bonds. The monoisotopic (exact) mass is 300 g/mol. The van der Waals surface area contributed by atoms with E-state index in [0.717, 1.165) is 24.5 Å². The van der Waals surface area contributed by atoms with Crippen LogP contribution in [0, 0.1) is 19.7 Å². The standard InChI is InChI=1S/C18H21FN2O/c1-13-11-15(18(22)12-20-9-5-6-10-20)14(2)21(13)17-8-4-3-7-16(17)19/h3-4,7-8,11H,5-6,9-10,12H2,1-2H3. The van der Waals surface area contributed by atoms with Gasteiger partial charge in [-0.05, 0) is 58.0 Å². The fourth-order valence-corrected chi connectivity index (χ4v) is 3.28.